The molecular formula is C21H23ClFN3O4. The average Bonchev–Trinajstić information content (AvgIpc) is 2.70. The van der Waals surface area contributed by atoms with Crippen LogP contribution in [0.2, 0.25) is 5.02 Å². The highest BCUT2D eigenvalue weighted by Crippen LogP contribution is 2.31. The lowest BCUT2D eigenvalue weighted by molar-refractivity contribution is -0.385. The molecule has 1 fully saturated rings. The zero-order chi connectivity index (χ0) is 21.8. The van der Waals surface area contributed by atoms with Crippen molar-refractivity contribution in [2.75, 3.05) is 26.2 Å². The molecule has 1 N–H and O–H groups in total. The molecule has 0 saturated carbocycles. The van der Waals surface area contributed by atoms with Crippen molar-refractivity contribution in [1.29, 1.82) is 0 Å². The van der Waals surface area contributed by atoms with E-state index in [1.165, 1.54) is 30.3 Å². The van der Waals surface area contributed by atoms with Crippen LogP contribution in [0.3, 0.4) is 0 Å². The molecule has 2 aromatic carbocycles. The number of halogens is 2. The predicted octanol–water partition coefficient (Wildman–Crippen LogP) is 3.89. The van der Waals surface area contributed by atoms with Crippen LogP contribution in [0.1, 0.15) is 34.5 Å². The second kappa shape index (κ2) is 9.51. The quantitative estimate of drug-likeness (QED) is 0.549. The van der Waals surface area contributed by atoms with Gasteiger partial charge in [-0.25, -0.2) is 4.39 Å². The van der Waals surface area contributed by atoms with Gasteiger partial charge in [-0.15, -0.1) is 0 Å². The number of hydrogen-bond acceptors (Lipinski definition) is 5. The molecule has 2 atom stereocenters. The summed E-state index contributed by atoms with van der Waals surface area (Å²) in [5.41, 5.74) is 0.817. The molecule has 1 amide bonds. The Bertz CT molecular complexity index is 936. The number of nitrogens with zero attached hydrogens (tertiary/aromatic N) is 2. The topological polar surface area (TPSA) is 84.7 Å². The third-order valence-electron chi connectivity index (χ3n) is 5.17. The van der Waals surface area contributed by atoms with E-state index in [0.717, 1.165) is 0 Å². The molecule has 2 unspecified atom stereocenters. The molecule has 1 heterocycles. The minimum Gasteiger partial charge on any atom is -0.376 e. The van der Waals surface area contributed by atoms with Gasteiger partial charge in [0.25, 0.3) is 11.6 Å². The number of aryl methyl sites for hydroxylation is 1. The number of nitro benzene ring substituents is 1. The smallest absolute Gasteiger partial charge is 0.273 e. The summed E-state index contributed by atoms with van der Waals surface area (Å²) in [6, 6.07) is 8.28. The third-order valence-corrected chi connectivity index (χ3v) is 5.50. The minimum absolute atomic E-state index is 0.0396. The van der Waals surface area contributed by atoms with Gasteiger partial charge in [-0.2, -0.15) is 0 Å². The molecule has 30 heavy (non-hydrogen) atoms. The largest absolute Gasteiger partial charge is 0.376 e. The first-order chi connectivity index (χ1) is 14.3. The minimum atomic E-state index is -0.525. The maximum Gasteiger partial charge on any atom is 0.273 e. The van der Waals surface area contributed by atoms with Crippen molar-refractivity contribution in [1.82, 2.24) is 10.2 Å². The van der Waals surface area contributed by atoms with Gasteiger partial charge in [0.15, 0.2) is 0 Å². The van der Waals surface area contributed by atoms with Gasteiger partial charge < -0.3 is 10.1 Å². The summed E-state index contributed by atoms with van der Waals surface area (Å²) in [6.45, 7) is 5.23. The van der Waals surface area contributed by atoms with E-state index in [2.05, 4.69) is 5.32 Å². The maximum atomic E-state index is 14.7. The Morgan fingerprint density at radius 2 is 2.20 bits per heavy atom. The van der Waals surface area contributed by atoms with Crippen molar-refractivity contribution < 1.29 is 18.8 Å². The highest BCUT2D eigenvalue weighted by Gasteiger charge is 2.29. The standard InChI is InChI=1S/C21H23ClFN3O4/c1-13-6-7-15(10-18(13)26(28)29)21(27)24-11-19(25-8-9-30-14(2)12-25)20-16(22)4-3-5-17(20)23/h3-7,10,14,19H,8-9,11-12H2,1-2H3,(H,24,27). The zero-order valence-corrected chi connectivity index (χ0v) is 17.5. The molecule has 160 valence electrons. The molecule has 0 spiro atoms. The van der Waals surface area contributed by atoms with Crippen LogP contribution in [0, 0.1) is 22.9 Å². The molecule has 0 aliphatic carbocycles. The molecular weight excluding hydrogens is 413 g/mol. The second-order valence-corrected chi connectivity index (χ2v) is 7.70. The van der Waals surface area contributed by atoms with Crippen LogP contribution in [-0.2, 0) is 4.74 Å². The average molecular weight is 436 g/mol. The predicted molar refractivity (Wildman–Crippen MR) is 111 cm³/mol. The van der Waals surface area contributed by atoms with E-state index in [0.29, 0.717) is 30.8 Å². The van der Waals surface area contributed by atoms with Crippen LogP contribution >= 0.6 is 11.6 Å². The van der Waals surface area contributed by atoms with Gasteiger partial charge in [-0.05, 0) is 32.0 Å². The molecule has 0 radical (unpaired) electrons. The van der Waals surface area contributed by atoms with Crippen LogP contribution in [0.4, 0.5) is 10.1 Å². The molecule has 3 rings (SSSR count). The van der Waals surface area contributed by atoms with Crippen molar-refractivity contribution in [3.8, 4) is 0 Å². The number of carbonyl (C=O) groups is 1. The fourth-order valence-corrected chi connectivity index (χ4v) is 3.90. The molecule has 0 aromatic heterocycles. The van der Waals surface area contributed by atoms with Gasteiger partial charge in [0.05, 0.1) is 23.7 Å². The zero-order valence-electron chi connectivity index (χ0n) is 16.7. The SMILES string of the molecule is Cc1ccc(C(=O)NCC(c2c(F)cccc2Cl)N2CCOC(C)C2)cc1[N+](=O)[O-]. The summed E-state index contributed by atoms with van der Waals surface area (Å²) in [5.74, 6) is -0.927. The highest BCUT2D eigenvalue weighted by atomic mass is 35.5. The van der Waals surface area contributed by atoms with Crippen LogP contribution in [0.15, 0.2) is 36.4 Å². The number of nitro groups is 1. The fourth-order valence-electron chi connectivity index (χ4n) is 3.61. The second-order valence-electron chi connectivity index (χ2n) is 7.30. The Morgan fingerprint density at radius 1 is 1.43 bits per heavy atom. The van der Waals surface area contributed by atoms with Crippen LogP contribution in [-0.4, -0.2) is 48.1 Å². The summed E-state index contributed by atoms with van der Waals surface area (Å²) in [4.78, 5) is 25.3. The highest BCUT2D eigenvalue weighted by molar-refractivity contribution is 6.31. The van der Waals surface area contributed by atoms with Crippen molar-refractivity contribution in [2.45, 2.75) is 26.0 Å². The van der Waals surface area contributed by atoms with Crippen molar-refractivity contribution in [3.05, 3.63) is 74.0 Å². The number of amides is 1. The number of rotatable bonds is 6. The lowest BCUT2D eigenvalue weighted by atomic mass is 10.0. The molecule has 0 bridgehead atoms. The van der Waals surface area contributed by atoms with E-state index in [-0.39, 0.29) is 28.9 Å². The van der Waals surface area contributed by atoms with E-state index in [1.807, 2.05) is 11.8 Å². The van der Waals surface area contributed by atoms with E-state index < -0.39 is 22.7 Å². The van der Waals surface area contributed by atoms with E-state index in [4.69, 9.17) is 16.3 Å². The number of benzene rings is 2. The van der Waals surface area contributed by atoms with Crippen molar-refractivity contribution in [3.63, 3.8) is 0 Å². The van der Waals surface area contributed by atoms with Gasteiger partial charge >= 0.3 is 0 Å². The van der Waals surface area contributed by atoms with Crippen molar-refractivity contribution in [2.24, 2.45) is 0 Å². The van der Waals surface area contributed by atoms with Gasteiger partial charge in [0, 0.05) is 47.4 Å². The van der Waals surface area contributed by atoms with Gasteiger partial charge in [-0.1, -0.05) is 23.7 Å². The number of morpholine rings is 1. The van der Waals surface area contributed by atoms with Gasteiger partial charge in [-0.3, -0.25) is 19.8 Å². The lowest BCUT2D eigenvalue weighted by Crippen LogP contribution is -2.47. The van der Waals surface area contributed by atoms with E-state index >= 15 is 0 Å². The molecule has 7 nitrogen and oxygen atoms in total. The molecule has 1 aliphatic heterocycles. The summed E-state index contributed by atoms with van der Waals surface area (Å²) < 4.78 is 20.2. The molecule has 1 aliphatic rings. The van der Waals surface area contributed by atoms with Crippen LogP contribution in [0.25, 0.3) is 0 Å². The Labute approximate surface area is 178 Å². The Morgan fingerprint density at radius 3 is 2.87 bits per heavy atom. The van der Waals surface area contributed by atoms with Gasteiger partial charge in [0.2, 0.25) is 0 Å². The summed E-state index contributed by atoms with van der Waals surface area (Å²) >= 11 is 6.30. The van der Waals surface area contributed by atoms with Crippen LogP contribution in [0.5, 0.6) is 0 Å². The fraction of sp³-hybridized carbons (Fsp3) is 0.381. The Hall–Kier alpha value is -2.55. The summed E-state index contributed by atoms with van der Waals surface area (Å²) in [6.07, 6.45) is -0.0396. The first kappa shape index (κ1) is 22.1. The molecule has 1 saturated heterocycles. The number of nitrogens with one attached hydrogen (secondary N) is 1. The third kappa shape index (κ3) is 4.95. The van der Waals surface area contributed by atoms with Gasteiger partial charge in [0.1, 0.15) is 5.82 Å². The van der Waals surface area contributed by atoms with E-state index in [1.54, 1.807) is 13.0 Å². The first-order valence-corrected chi connectivity index (χ1v) is 9.98. The maximum absolute atomic E-state index is 14.7. The van der Waals surface area contributed by atoms with Crippen molar-refractivity contribution >= 4 is 23.2 Å². The Balaban J connectivity index is 1.84. The monoisotopic (exact) mass is 435 g/mol. The summed E-state index contributed by atoms with van der Waals surface area (Å²) in [7, 11) is 0. The normalized spacial score (nSPS) is 18.1. The molecule has 9 heteroatoms. The molecule has 2 aromatic rings. The van der Waals surface area contributed by atoms with E-state index in [9.17, 15) is 19.3 Å². The Kier molecular flexibility index (Phi) is 7.02. The van der Waals surface area contributed by atoms with Crippen LogP contribution < -0.4 is 5.32 Å². The number of carbonyl (C=O) groups excluding carboxylic acids is 1. The number of ether oxygens (including phenoxy) is 1. The lowest BCUT2D eigenvalue weighted by Gasteiger charge is -2.38. The summed E-state index contributed by atoms with van der Waals surface area (Å²) in [5, 5.41) is 14.2. The first-order valence-electron chi connectivity index (χ1n) is 9.60. The number of hydrogen-bond donors (Lipinski definition) is 1.